The first-order valence-electron chi connectivity index (χ1n) is 8.66. The molecule has 1 heterocycles. The number of halogens is 3. The molecule has 0 bridgehead atoms. The molecule has 2 rings (SSSR count). The van der Waals surface area contributed by atoms with E-state index in [1.807, 2.05) is 0 Å². The van der Waals surface area contributed by atoms with Crippen molar-refractivity contribution < 1.29 is 27.5 Å². The summed E-state index contributed by atoms with van der Waals surface area (Å²) in [6, 6.07) is 4.41. The average Bonchev–Trinajstić information content (AvgIpc) is 2.64. The highest BCUT2D eigenvalue weighted by molar-refractivity contribution is 5.81. The maximum absolute atomic E-state index is 12.5. The Morgan fingerprint density at radius 3 is 2.58 bits per heavy atom. The predicted molar refractivity (Wildman–Crippen MR) is 89.5 cm³/mol. The molecule has 2 amide bonds. The van der Waals surface area contributed by atoms with Crippen molar-refractivity contribution in [2.24, 2.45) is 5.92 Å². The number of hydrogen-bond donors (Lipinski definition) is 1. The van der Waals surface area contributed by atoms with Crippen molar-refractivity contribution in [1.29, 1.82) is 0 Å². The smallest absolute Gasteiger partial charge is 0.416 e. The van der Waals surface area contributed by atoms with Gasteiger partial charge >= 0.3 is 6.18 Å². The molecular weight excluding hydrogens is 349 g/mol. The Kier molecular flexibility index (Phi) is 6.88. The van der Waals surface area contributed by atoms with Crippen LogP contribution in [0.25, 0.3) is 0 Å². The van der Waals surface area contributed by atoms with E-state index in [9.17, 15) is 22.8 Å². The van der Waals surface area contributed by atoms with Gasteiger partial charge in [-0.3, -0.25) is 9.59 Å². The number of rotatable bonds is 6. The number of amides is 2. The second-order valence-electron chi connectivity index (χ2n) is 6.19. The van der Waals surface area contributed by atoms with Crippen LogP contribution in [0.5, 0.6) is 5.75 Å². The molecule has 1 aliphatic rings. The molecule has 0 saturated carbocycles. The van der Waals surface area contributed by atoms with Crippen LogP contribution in [-0.4, -0.2) is 43.0 Å². The molecule has 1 N–H and O–H groups in total. The van der Waals surface area contributed by atoms with E-state index in [0.717, 1.165) is 25.0 Å². The molecular formula is C18H23F3N2O3. The first-order valence-corrected chi connectivity index (χ1v) is 8.66. The van der Waals surface area contributed by atoms with Gasteiger partial charge in [-0.1, -0.05) is 6.92 Å². The van der Waals surface area contributed by atoms with Crippen molar-refractivity contribution in [2.75, 3.05) is 26.2 Å². The summed E-state index contributed by atoms with van der Waals surface area (Å²) in [5.74, 6) is -0.00212. The lowest BCUT2D eigenvalue weighted by atomic mass is 9.97. The zero-order valence-electron chi connectivity index (χ0n) is 14.6. The van der Waals surface area contributed by atoms with Crippen molar-refractivity contribution in [2.45, 2.75) is 32.4 Å². The molecule has 1 atom stereocenters. The van der Waals surface area contributed by atoms with Crippen LogP contribution in [0.3, 0.4) is 0 Å². The number of nitrogens with one attached hydrogen (secondary N) is 1. The summed E-state index contributed by atoms with van der Waals surface area (Å²) in [7, 11) is 0. The third-order valence-corrected chi connectivity index (χ3v) is 4.30. The summed E-state index contributed by atoms with van der Waals surface area (Å²) in [5.41, 5.74) is -0.735. The Bertz CT molecular complexity index is 617. The standard InChI is InChI=1S/C18H23F3N2O3/c1-2-16(24)23-10-3-4-13(12-23)17(25)22-9-11-26-15-7-5-14(6-8-15)18(19,20)21/h5-8,13H,2-4,9-12H2,1H3,(H,22,25)/t13-/m0/s1. The highest BCUT2D eigenvalue weighted by Crippen LogP contribution is 2.30. The molecule has 1 aliphatic heterocycles. The Balaban J connectivity index is 1.72. The number of hydrogen-bond acceptors (Lipinski definition) is 3. The number of carbonyl (C=O) groups is 2. The first kappa shape index (κ1) is 20.1. The van der Waals surface area contributed by atoms with E-state index in [2.05, 4.69) is 5.32 Å². The van der Waals surface area contributed by atoms with Gasteiger partial charge in [-0.15, -0.1) is 0 Å². The average molecular weight is 372 g/mol. The van der Waals surface area contributed by atoms with Gasteiger partial charge in [0.25, 0.3) is 0 Å². The van der Waals surface area contributed by atoms with Gasteiger partial charge in [0, 0.05) is 19.5 Å². The van der Waals surface area contributed by atoms with Gasteiger partial charge in [0.05, 0.1) is 18.0 Å². The minimum absolute atomic E-state index is 0.0492. The second-order valence-corrected chi connectivity index (χ2v) is 6.19. The summed E-state index contributed by atoms with van der Waals surface area (Å²) in [5, 5.41) is 2.75. The maximum atomic E-state index is 12.5. The van der Waals surface area contributed by atoms with Crippen molar-refractivity contribution in [3.8, 4) is 5.75 Å². The highest BCUT2D eigenvalue weighted by Gasteiger charge is 2.30. The van der Waals surface area contributed by atoms with Gasteiger partial charge in [-0.2, -0.15) is 13.2 Å². The van der Waals surface area contributed by atoms with Gasteiger partial charge in [0.15, 0.2) is 0 Å². The largest absolute Gasteiger partial charge is 0.492 e. The Labute approximate surface area is 150 Å². The summed E-state index contributed by atoms with van der Waals surface area (Å²) in [4.78, 5) is 25.6. The van der Waals surface area contributed by atoms with E-state index >= 15 is 0 Å². The Morgan fingerprint density at radius 1 is 1.27 bits per heavy atom. The van der Waals surface area contributed by atoms with Crippen LogP contribution in [-0.2, 0) is 15.8 Å². The number of carbonyl (C=O) groups excluding carboxylic acids is 2. The highest BCUT2D eigenvalue weighted by atomic mass is 19.4. The van der Waals surface area contributed by atoms with Crippen LogP contribution in [0.15, 0.2) is 24.3 Å². The summed E-state index contributed by atoms with van der Waals surface area (Å²) in [6.45, 7) is 3.32. The normalized spacial score (nSPS) is 17.7. The number of ether oxygens (including phenoxy) is 1. The third-order valence-electron chi connectivity index (χ3n) is 4.30. The van der Waals surface area contributed by atoms with E-state index < -0.39 is 11.7 Å². The zero-order valence-corrected chi connectivity index (χ0v) is 14.6. The van der Waals surface area contributed by atoms with Gasteiger partial charge in [-0.25, -0.2) is 0 Å². The molecule has 1 fully saturated rings. The van der Waals surface area contributed by atoms with E-state index in [1.54, 1.807) is 11.8 Å². The van der Waals surface area contributed by atoms with E-state index in [-0.39, 0.29) is 30.9 Å². The van der Waals surface area contributed by atoms with Crippen LogP contribution < -0.4 is 10.1 Å². The van der Waals surface area contributed by atoms with E-state index in [4.69, 9.17) is 4.74 Å². The van der Waals surface area contributed by atoms with Crippen molar-refractivity contribution in [3.05, 3.63) is 29.8 Å². The molecule has 1 aromatic carbocycles. The van der Waals surface area contributed by atoms with Crippen LogP contribution >= 0.6 is 0 Å². The van der Waals surface area contributed by atoms with Crippen molar-refractivity contribution >= 4 is 11.8 Å². The monoisotopic (exact) mass is 372 g/mol. The van der Waals surface area contributed by atoms with Crippen LogP contribution in [0.1, 0.15) is 31.7 Å². The molecule has 0 unspecified atom stereocenters. The number of alkyl halides is 3. The summed E-state index contributed by atoms with van der Waals surface area (Å²) in [6.07, 6.45) is -2.42. The minimum Gasteiger partial charge on any atom is -0.492 e. The molecule has 1 saturated heterocycles. The number of piperidine rings is 1. The quantitative estimate of drug-likeness (QED) is 0.782. The van der Waals surface area contributed by atoms with Gasteiger partial charge in [0.1, 0.15) is 12.4 Å². The zero-order chi connectivity index (χ0) is 19.2. The molecule has 0 aliphatic carbocycles. The minimum atomic E-state index is -4.38. The third kappa shape index (κ3) is 5.64. The number of nitrogens with zero attached hydrogens (tertiary/aromatic N) is 1. The lowest BCUT2D eigenvalue weighted by Gasteiger charge is -2.31. The lowest BCUT2D eigenvalue weighted by molar-refractivity contribution is -0.138. The van der Waals surface area contributed by atoms with Crippen LogP contribution in [0.4, 0.5) is 13.2 Å². The molecule has 0 radical (unpaired) electrons. The summed E-state index contributed by atoms with van der Waals surface area (Å²) >= 11 is 0. The van der Waals surface area contributed by atoms with Gasteiger partial charge < -0.3 is 15.0 Å². The Hall–Kier alpha value is -2.25. The fourth-order valence-electron chi connectivity index (χ4n) is 2.87. The van der Waals surface area contributed by atoms with E-state index in [0.29, 0.717) is 25.3 Å². The SMILES string of the molecule is CCC(=O)N1CCC[C@H](C(=O)NCCOc2ccc(C(F)(F)F)cc2)C1. The van der Waals surface area contributed by atoms with E-state index in [1.165, 1.54) is 12.1 Å². The first-order chi connectivity index (χ1) is 12.3. The van der Waals surface area contributed by atoms with Crippen molar-refractivity contribution in [1.82, 2.24) is 10.2 Å². The molecule has 26 heavy (non-hydrogen) atoms. The Morgan fingerprint density at radius 2 is 1.96 bits per heavy atom. The molecule has 8 heteroatoms. The summed E-state index contributed by atoms with van der Waals surface area (Å²) < 4.78 is 42.8. The molecule has 1 aromatic rings. The van der Waals surface area contributed by atoms with Crippen molar-refractivity contribution in [3.63, 3.8) is 0 Å². The predicted octanol–water partition coefficient (Wildman–Crippen LogP) is 2.85. The fraction of sp³-hybridized carbons (Fsp3) is 0.556. The lowest BCUT2D eigenvalue weighted by Crippen LogP contribution is -2.45. The molecule has 144 valence electrons. The second kappa shape index (κ2) is 8.91. The molecule has 5 nitrogen and oxygen atoms in total. The maximum Gasteiger partial charge on any atom is 0.416 e. The number of benzene rings is 1. The van der Waals surface area contributed by atoms with Crippen LogP contribution in [0.2, 0.25) is 0 Å². The molecule has 0 spiro atoms. The van der Waals surface area contributed by atoms with Gasteiger partial charge in [-0.05, 0) is 37.1 Å². The number of likely N-dealkylation sites (tertiary alicyclic amines) is 1. The van der Waals surface area contributed by atoms with Gasteiger partial charge in [0.2, 0.25) is 11.8 Å². The molecule has 0 aromatic heterocycles. The topological polar surface area (TPSA) is 58.6 Å². The van der Waals surface area contributed by atoms with Crippen LogP contribution in [0, 0.1) is 5.92 Å². The fourth-order valence-corrected chi connectivity index (χ4v) is 2.87.